The Morgan fingerprint density at radius 2 is 1.67 bits per heavy atom. The number of hydrogen-bond acceptors (Lipinski definition) is 4. The van der Waals surface area contributed by atoms with Crippen molar-refractivity contribution in [1.82, 2.24) is 14.7 Å². The summed E-state index contributed by atoms with van der Waals surface area (Å²) in [6.07, 6.45) is 2.39. The van der Waals surface area contributed by atoms with Crippen LogP contribution in [0.5, 0.6) is 0 Å². The third-order valence-electron chi connectivity index (χ3n) is 6.63. The minimum absolute atomic E-state index is 0.103. The molecule has 1 aromatic heterocycles. The third-order valence-corrected chi connectivity index (χ3v) is 6.63. The fourth-order valence-electron chi connectivity index (χ4n) is 4.34. The highest BCUT2D eigenvalue weighted by Crippen LogP contribution is 2.34. The summed E-state index contributed by atoms with van der Waals surface area (Å²) < 4.78 is 5.22. The van der Waals surface area contributed by atoms with Crippen LogP contribution in [0.4, 0.5) is 0 Å². The summed E-state index contributed by atoms with van der Waals surface area (Å²) in [4.78, 5) is 31.7. The highest BCUT2D eigenvalue weighted by atomic mass is 16.3. The fraction of sp³-hybridized carbons (Fsp3) is 0.500. The smallest absolute Gasteiger partial charge is 0.289 e. The number of furan rings is 1. The maximum absolute atomic E-state index is 13.3. The van der Waals surface area contributed by atoms with Crippen molar-refractivity contribution < 1.29 is 14.0 Å². The Balaban J connectivity index is 1.34. The van der Waals surface area contributed by atoms with E-state index < -0.39 is 5.54 Å². The molecule has 3 heterocycles. The molecule has 2 fully saturated rings. The Bertz CT molecular complexity index is 883. The average molecular weight is 410 g/mol. The Hall–Kier alpha value is -2.60. The van der Waals surface area contributed by atoms with Gasteiger partial charge in [-0.2, -0.15) is 0 Å². The predicted molar refractivity (Wildman–Crippen MR) is 115 cm³/mol. The standard InChI is InChI=1S/C24H31N3O3/c1-18(2)20-8-6-19(7-9-20)17-27-11-10-24(27,3)23(29)26-14-12-25(13-15-26)22(28)21-5-4-16-30-21/h4-9,16,18H,10-15,17H2,1-3H3. The first-order valence-electron chi connectivity index (χ1n) is 10.8. The second kappa shape index (κ2) is 8.26. The van der Waals surface area contributed by atoms with Gasteiger partial charge in [0, 0.05) is 39.3 Å². The molecule has 2 aliphatic heterocycles. The summed E-state index contributed by atoms with van der Waals surface area (Å²) in [6, 6.07) is 12.1. The van der Waals surface area contributed by atoms with E-state index in [0.717, 1.165) is 19.5 Å². The van der Waals surface area contributed by atoms with Crippen LogP contribution in [0, 0.1) is 0 Å². The van der Waals surface area contributed by atoms with Gasteiger partial charge in [-0.1, -0.05) is 38.1 Å². The molecule has 160 valence electrons. The van der Waals surface area contributed by atoms with Gasteiger partial charge >= 0.3 is 0 Å². The molecular weight excluding hydrogens is 378 g/mol. The topological polar surface area (TPSA) is 57.0 Å². The van der Waals surface area contributed by atoms with E-state index in [0.29, 0.717) is 37.9 Å². The molecule has 0 spiro atoms. The quantitative estimate of drug-likeness (QED) is 0.760. The van der Waals surface area contributed by atoms with Gasteiger partial charge in [0.25, 0.3) is 5.91 Å². The number of piperazine rings is 1. The van der Waals surface area contributed by atoms with Crippen LogP contribution >= 0.6 is 0 Å². The maximum Gasteiger partial charge on any atom is 0.289 e. The first-order chi connectivity index (χ1) is 14.4. The molecule has 0 N–H and O–H groups in total. The van der Waals surface area contributed by atoms with Crippen molar-refractivity contribution in [2.45, 2.75) is 45.2 Å². The first kappa shape index (κ1) is 20.7. The monoisotopic (exact) mass is 409 g/mol. The second-order valence-corrected chi connectivity index (χ2v) is 8.90. The molecule has 0 radical (unpaired) electrons. The van der Waals surface area contributed by atoms with E-state index in [-0.39, 0.29) is 11.8 Å². The lowest BCUT2D eigenvalue weighted by atomic mass is 9.84. The third kappa shape index (κ3) is 3.88. The van der Waals surface area contributed by atoms with Gasteiger partial charge in [-0.3, -0.25) is 14.5 Å². The minimum Gasteiger partial charge on any atom is -0.459 e. The lowest BCUT2D eigenvalue weighted by Gasteiger charge is -2.52. The van der Waals surface area contributed by atoms with E-state index in [1.54, 1.807) is 17.0 Å². The van der Waals surface area contributed by atoms with Crippen LogP contribution in [0.3, 0.4) is 0 Å². The van der Waals surface area contributed by atoms with Crippen molar-refractivity contribution >= 4 is 11.8 Å². The molecule has 2 amide bonds. The molecule has 30 heavy (non-hydrogen) atoms. The van der Waals surface area contributed by atoms with Gasteiger partial charge in [0.05, 0.1) is 11.8 Å². The van der Waals surface area contributed by atoms with Crippen molar-refractivity contribution in [3.8, 4) is 0 Å². The second-order valence-electron chi connectivity index (χ2n) is 8.90. The number of rotatable bonds is 5. The molecule has 0 bridgehead atoms. The number of hydrogen-bond donors (Lipinski definition) is 0. The number of carbonyl (C=O) groups is 2. The van der Waals surface area contributed by atoms with E-state index in [1.165, 1.54) is 17.4 Å². The molecule has 0 aliphatic carbocycles. The number of benzene rings is 1. The van der Waals surface area contributed by atoms with Crippen molar-refractivity contribution in [3.63, 3.8) is 0 Å². The van der Waals surface area contributed by atoms with Crippen LogP contribution in [-0.4, -0.2) is 64.8 Å². The summed E-state index contributed by atoms with van der Waals surface area (Å²) in [7, 11) is 0. The van der Waals surface area contributed by atoms with E-state index >= 15 is 0 Å². The summed E-state index contributed by atoms with van der Waals surface area (Å²) in [5.41, 5.74) is 2.12. The molecular formula is C24H31N3O3. The van der Waals surface area contributed by atoms with Gasteiger partial charge in [-0.25, -0.2) is 0 Å². The Kier molecular flexibility index (Phi) is 5.69. The van der Waals surface area contributed by atoms with Crippen LogP contribution in [-0.2, 0) is 11.3 Å². The van der Waals surface area contributed by atoms with Gasteiger partial charge in [0.15, 0.2) is 5.76 Å². The zero-order chi connectivity index (χ0) is 21.3. The van der Waals surface area contributed by atoms with Crippen LogP contribution < -0.4 is 0 Å². The van der Waals surface area contributed by atoms with Gasteiger partial charge in [0.2, 0.25) is 5.91 Å². The lowest BCUT2D eigenvalue weighted by molar-refractivity contribution is -0.154. The van der Waals surface area contributed by atoms with Crippen molar-refractivity contribution in [1.29, 1.82) is 0 Å². The Morgan fingerprint density at radius 1 is 1.00 bits per heavy atom. The van der Waals surface area contributed by atoms with Crippen LogP contribution in [0.15, 0.2) is 47.1 Å². The lowest BCUT2D eigenvalue weighted by Crippen LogP contribution is -2.67. The molecule has 1 atom stereocenters. The maximum atomic E-state index is 13.3. The van der Waals surface area contributed by atoms with Crippen LogP contribution in [0.1, 0.15) is 54.8 Å². The molecule has 2 saturated heterocycles. The number of likely N-dealkylation sites (tertiary alicyclic amines) is 1. The normalized spacial score (nSPS) is 22.3. The number of carbonyl (C=O) groups excluding carboxylic acids is 2. The van der Waals surface area contributed by atoms with Gasteiger partial charge in [-0.05, 0) is 42.5 Å². The Labute approximate surface area is 178 Å². The zero-order valence-electron chi connectivity index (χ0n) is 18.1. The van der Waals surface area contributed by atoms with Crippen LogP contribution in [0.25, 0.3) is 0 Å². The van der Waals surface area contributed by atoms with Gasteiger partial charge in [-0.15, -0.1) is 0 Å². The largest absolute Gasteiger partial charge is 0.459 e. The van der Waals surface area contributed by atoms with Crippen molar-refractivity contribution in [2.24, 2.45) is 0 Å². The molecule has 1 unspecified atom stereocenters. The van der Waals surface area contributed by atoms with E-state index in [4.69, 9.17) is 4.42 Å². The van der Waals surface area contributed by atoms with E-state index in [2.05, 4.69) is 49.9 Å². The highest BCUT2D eigenvalue weighted by Gasteiger charge is 2.48. The van der Waals surface area contributed by atoms with Gasteiger partial charge in [0.1, 0.15) is 0 Å². The van der Waals surface area contributed by atoms with E-state index in [1.807, 2.05) is 4.90 Å². The van der Waals surface area contributed by atoms with Crippen LogP contribution in [0.2, 0.25) is 0 Å². The van der Waals surface area contributed by atoms with Crippen molar-refractivity contribution in [2.75, 3.05) is 32.7 Å². The summed E-state index contributed by atoms with van der Waals surface area (Å²) >= 11 is 0. The van der Waals surface area contributed by atoms with Crippen molar-refractivity contribution in [3.05, 3.63) is 59.5 Å². The molecule has 6 heteroatoms. The molecule has 2 aliphatic rings. The number of amides is 2. The molecule has 4 rings (SSSR count). The molecule has 6 nitrogen and oxygen atoms in total. The molecule has 2 aromatic rings. The van der Waals surface area contributed by atoms with E-state index in [9.17, 15) is 9.59 Å². The minimum atomic E-state index is -0.454. The first-order valence-corrected chi connectivity index (χ1v) is 10.8. The predicted octanol–water partition coefficient (Wildman–Crippen LogP) is 3.35. The highest BCUT2D eigenvalue weighted by molar-refractivity contribution is 5.92. The van der Waals surface area contributed by atoms with Gasteiger partial charge < -0.3 is 14.2 Å². The zero-order valence-corrected chi connectivity index (χ0v) is 18.1. The Morgan fingerprint density at radius 3 is 2.20 bits per heavy atom. The summed E-state index contributed by atoms with van der Waals surface area (Å²) in [5.74, 6) is 0.953. The summed E-state index contributed by atoms with van der Waals surface area (Å²) in [6.45, 7) is 10.4. The molecule has 1 aromatic carbocycles. The SMILES string of the molecule is CC(C)c1ccc(CN2CCC2(C)C(=O)N2CCN(C(=O)c3ccco3)CC2)cc1. The molecule has 0 saturated carbocycles. The summed E-state index contributed by atoms with van der Waals surface area (Å²) in [5, 5.41) is 0. The average Bonchev–Trinajstić information content (AvgIpc) is 3.30. The number of nitrogens with zero attached hydrogens (tertiary/aromatic N) is 3. The fourth-order valence-corrected chi connectivity index (χ4v) is 4.34.